The number of aromatic nitrogens is 1. The zero-order valence-electron chi connectivity index (χ0n) is 13.9. The summed E-state index contributed by atoms with van der Waals surface area (Å²) < 4.78 is 0. The number of nitrogens with zero attached hydrogens (tertiary/aromatic N) is 2. The topological polar surface area (TPSA) is 62.3 Å². The highest BCUT2D eigenvalue weighted by Gasteiger charge is 2.24. The van der Waals surface area contributed by atoms with E-state index < -0.39 is 6.04 Å². The molecule has 0 fully saturated rings. The van der Waals surface area contributed by atoms with Gasteiger partial charge in [0, 0.05) is 30.0 Å². The summed E-state index contributed by atoms with van der Waals surface area (Å²) >= 11 is 5.81. The number of nitrogens with one attached hydrogen (secondary N) is 1. The molecule has 0 bridgehead atoms. The maximum atomic E-state index is 12.6. The average molecular weight is 346 g/mol. The van der Waals surface area contributed by atoms with Crippen molar-refractivity contribution in [2.45, 2.75) is 25.9 Å². The van der Waals surface area contributed by atoms with E-state index in [1.807, 2.05) is 19.1 Å². The van der Waals surface area contributed by atoms with Crippen molar-refractivity contribution < 1.29 is 9.59 Å². The Balaban J connectivity index is 2.00. The number of carbonyl (C=O) groups is 2. The number of pyridine rings is 1. The fourth-order valence-electron chi connectivity index (χ4n) is 2.30. The van der Waals surface area contributed by atoms with Gasteiger partial charge in [0.05, 0.1) is 6.04 Å². The predicted octanol–water partition coefficient (Wildman–Crippen LogP) is 3.07. The van der Waals surface area contributed by atoms with Crippen molar-refractivity contribution in [3.63, 3.8) is 0 Å². The van der Waals surface area contributed by atoms with E-state index in [1.165, 1.54) is 0 Å². The van der Waals surface area contributed by atoms with Crippen molar-refractivity contribution in [3.8, 4) is 0 Å². The molecular formula is C18H20ClN3O2. The molecule has 0 aliphatic rings. The average Bonchev–Trinajstić information content (AvgIpc) is 2.61. The van der Waals surface area contributed by atoms with Gasteiger partial charge >= 0.3 is 0 Å². The molecule has 0 radical (unpaired) electrons. The first kappa shape index (κ1) is 17.9. The largest absolute Gasteiger partial charge is 0.341 e. The van der Waals surface area contributed by atoms with Crippen LogP contribution in [0, 0.1) is 0 Å². The van der Waals surface area contributed by atoms with Crippen molar-refractivity contribution in [2.24, 2.45) is 0 Å². The molecule has 2 aromatic rings. The molecule has 0 spiro atoms. The smallest absolute Gasteiger partial charge is 0.251 e. The van der Waals surface area contributed by atoms with Crippen LogP contribution in [0.1, 0.15) is 35.8 Å². The number of likely N-dealkylation sites (N-methyl/N-ethyl adjacent to an activating group) is 1. The molecule has 0 saturated carbocycles. The van der Waals surface area contributed by atoms with Gasteiger partial charge in [0.2, 0.25) is 5.91 Å². The fourth-order valence-corrected chi connectivity index (χ4v) is 2.43. The Bertz CT molecular complexity index is 704. The number of benzene rings is 1. The van der Waals surface area contributed by atoms with Gasteiger partial charge in [-0.3, -0.25) is 14.6 Å². The van der Waals surface area contributed by atoms with Gasteiger partial charge in [0.1, 0.15) is 6.04 Å². The number of halogens is 1. The number of hydrogen-bond donors (Lipinski definition) is 1. The standard InChI is InChI=1S/C18H20ClN3O2/c1-12(21-17(23)15-4-6-16(19)7-5-15)18(24)22(3)13(2)14-8-10-20-11-9-14/h4-13H,1-3H3,(H,21,23)/t12-,13+/m1/s1. The molecule has 1 aromatic carbocycles. The van der Waals surface area contributed by atoms with Crippen molar-refractivity contribution >= 4 is 23.4 Å². The van der Waals surface area contributed by atoms with Crippen LogP contribution in [0.15, 0.2) is 48.8 Å². The summed E-state index contributed by atoms with van der Waals surface area (Å²) in [5, 5.41) is 3.27. The second kappa shape index (κ2) is 7.93. The van der Waals surface area contributed by atoms with E-state index in [9.17, 15) is 9.59 Å². The van der Waals surface area contributed by atoms with E-state index in [4.69, 9.17) is 11.6 Å². The van der Waals surface area contributed by atoms with E-state index in [2.05, 4.69) is 10.3 Å². The van der Waals surface area contributed by atoms with Crippen LogP contribution in [0.3, 0.4) is 0 Å². The third kappa shape index (κ3) is 4.32. The minimum absolute atomic E-state index is 0.115. The first-order valence-corrected chi connectivity index (χ1v) is 8.01. The quantitative estimate of drug-likeness (QED) is 0.905. The Morgan fingerprint density at radius 2 is 1.67 bits per heavy atom. The molecule has 1 N–H and O–H groups in total. The number of rotatable bonds is 5. The molecule has 1 aromatic heterocycles. The molecule has 0 saturated heterocycles. The Labute approximate surface area is 146 Å². The minimum atomic E-state index is -0.637. The van der Waals surface area contributed by atoms with Crippen LogP contribution in [0.4, 0.5) is 0 Å². The Morgan fingerprint density at radius 3 is 2.25 bits per heavy atom. The molecule has 2 rings (SSSR count). The lowest BCUT2D eigenvalue weighted by Gasteiger charge is -2.28. The van der Waals surface area contributed by atoms with E-state index in [-0.39, 0.29) is 17.9 Å². The van der Waals surface area contributed by atoms with Crippen molar-refractivity contribution in [1.29, 1.82) is 0 Å². The van der Waals surface area contributed by atoms with E-state index in [1.54, 1.807) is 55.5 Å². The van der Waals surface area contributed by atoms with Crippen LogP contribution in [0.25, 0.3) is 0 Å². The van der Waals surface area contributed by atoms with Crippen LogP contribution < -0.4 is 5.32 Å². The van der Waals surface area contributed by atoms with Gasteiger partial charge in [0.25, 0.3) is 5.91 Å². The predicted molar refractivity (Wildman–Crippen MR) is 93.8 cm³/mol. The highest BCUT2D eigenvalue weighted by Crippen LogP contribution is 2.18. The van der Waals surface area contributed by atoms with Gasteiger partial charge < -0.3 is 10.2 Å². The third-order valence-electron chi connectivity index (χ3n) is 3.94. The van der Waals surface area contributed by atoms with Crippen molar-refractivity contribution in [3.05, 3.63) is 64.9 Å². The molecule has 0 aliphatic carbocycles. The molecule has 24 heavy (non-hydrogen) atoms. The number of carbonyl (C=O) groups excluding carboxylic acids is 2. The Morgan fingerprint density at radius 1 is 1.08 bits per heavy atom. The monoisotopic (exact) mass is 345 g/mol. The molecule has 6 heteroatoms. The van der Waals surface area contributed by atoms with E-state index >= 15 is 0 Å². The summed E-state index contributed by atoms with van der Waals surface area (Å²) in [7, 11) is 1.72. The molecule has 0 aliphatic heterocycles. The lowest BCUT2D eigenvalue weighted by atomic mass is 10.1. The summed E-state index contributed by atoms with van der Waals surface area (Å²) in [6.07, 6.45) is 3.38. The lowest BCUT2D eigenvalue weighted by molar-refractivity contribution is -0.133. The van der Waals surface area contributed by atoms with Gasteiger partial charge in [0.15, 0.2) is 0 Å². The summed E-state index contributed by atoms with van der Waals surface area (Å²) in [6.45, 7) is 3.60. The molecule has 2 amide bonds. The van der Waals surface area contributed by atoms with Crippen LogP contribution in [-0.4, -0.2) is 34.8 Å². The highest BCUT2D eigenvalue weighted by atomic mass is 35.5. The van der Waals surface area contributed by atoms with Crippen LogP contribution in [0.2, 0.25) is 5.02 Å². The second-order valence-corrected chi connectivity index (χ2v) is 6.04. The first-order chi connectivity index (χ1) is 11.4. The van der Waals surface area contributed by atoms with Crippen molar-refractivity contribution in [1.82, 2.24) is 15.2 Å². The zero-order chi connectivity index (χ0) is 17.7. The summed E-state index contributed by atoms with van der Waals surface area (Å²) in [5.74, 6) is -0.473. The van der Waals surface area contributed by atoms with Gasteiger partial charge in [-0.1, -0.05) is 11.6 Å². The third-order valence-corrected chi connectivity index (χ3v) is 4.19. The van der Waals surface area contributed by atoms with E-state index in [0.717, 1.165) is 5.56 Å². The lowest BCUT2D eigenvalue weighted by Crippen LogP contribution is -2.46. The zero-order valence-corrected chi connectivity index (χ0v) is 14.6. The highest BCUT2D eigenvalue weighted by molar-refractivity contribution is 6.30. The van der Waals surface area contributed by atoms with Crippen molar-refractivity contribution in [2.75, 3.05) is 7.05 Å². The molecule has 1 heterocycles. The molecule has 126 valence electrons. The minimum Gasteiger partial charge on any atom is -0.341 e. The maximum absolute atomic E-state index is 12.6. The molecule has 0 unspecified atom stereocenters. The molecule has 2 atom stereocenters. The molecule has 5 nitrogen and oxygen atoms in total. The van der Waals surface area contributed by atoms with Gasteiger partial charge in [-0.15, -0.1) is 0 Å². The van der Waals surface area contributed by atoms with Crippen LogP contribution in [-0.2, 0) is 4.79 Å². The summed E-state index contributed by atoms with van der Waals surface area (Å²) in [6, 6.07) is 9.51. The summed E-state index contributed by atoms with van der Waals surface area (Å²) in [5.41, 5.74) is 1.45. The van der Waals surface area contributed by atoms with Gasteiger partial charge in [-0.2, -0.15) is 0 Å². The van der Waals surface area contributed by atoms with E-state index in [0.29, 0.717) is 10.6 Å². The summed E-state index contributed by atoms with van der Waals surface area (Å²) in [4.78, 5) is 30.3. The molecular weight excluding hydrogens is 326 g/mol. The Kier molecular flexibility index (Phi) is 5.93. The number of hydrogen-bond acceptors (Lipinski definition) is 3. The van der Waals surface area contributed by atoms with Crippen LogP contribution in [0.5, 0.6) is 0 Å². The maximum Gasteiger partial charge on any atom is 0.251 e. The van der Waals surface area contributed by atoms with Gasteiger partial charge in [-0.25, -0.2) is 0 Å². The SMILES string of the molecule is C[C@@H](NC(=O)c1ccc(Cl)cc1)C(=O)N(C)[C@@H](C)c1ccncc1. The first-order valence-electron chi connectivity index (χ1n) is 7.63. The fraction of sp³-hybridized carbons (Fsp3) is 0.278. The van der Waals surface area contributed by atoms with Gasteiger partial charge in [-0.05, 0) is 55.8 Å². The number of amides is 2. The second-order valence-electron chi connectivity index (χ2n) is 5.61. The van der Waals surface area contributed by atoms with Crippen LogP contribution >= 0.6 is 11.6 Å². The normalized spacial score (nSPS) is 13.0. The Hall–Kier alpha value is -2.40.